The number of aliphatic hydroxyl groups excluding tert-OH is 1. The molecule has 0 aliphatic carbocycles. The van der Waals surface area contributed by atoms with Crippen molar-refractivity contribution in [3.8, 4) is 0 Å². The topological polar surface area (TPSA) is 45.1 Å². The van der Waals surface area contributed by atoms with Gasteiger partial charge < -0.3 is 10.4 Å². The third-order valence-corrected chi connectivity index (χ3v) is 3.10. The molecule has 0 bridgehead atoms. The van der Waals surface area contributed by atoms with Crippen LogP contribution in [0.25, 0.3) is 10.8 Å². The van der Waals surface area contributed by atoms with Crippen LogP contribution in [0, 0.1) is 5.41 Å². The molecule has 0 radical (unpaired) electrons. The van der Waals surface area contributed by atoms with Gasteiger partial charge in [-0.25, -0.2) is 0 Å². The van der Waals surface area contributed by atoms with Crippen molar-refractivity contribution in [1.29, 1.82) is 0 Å². The van der Waals surface area contributed by atoms with E-state index in [0.29, 0.717) is 0 Å². The van der Waals surface area contributed by atoms with E-state index in [4.69, 9.17) is 0 Å². The van der Waals surface area contributed by atoms with Crippen molar-refractivity contribution in [2.45, 2.75) is 20.4 Å². The molecular formula is C15H20N2O. The summed E-state index contributed by atoms with van der Waals surface area (Å²) in [4.78, 5) is 4.26. The summed E-state index contributed by atoms with van der Waals surface area (Å²) >= 11 is 0. The lowest BCUT2D eigenvalue weighted by atomic mass is 9.95. The molecule has 96 valence electrons. The molecule has 1 aromatic carbocycles. The number of fused-ring (bicyclic) bond motifs is 1. The Morgan fingerprint density at radius 2 is 2.00 bits per heavy atom. The van der Waals surface area contributed by atoms with Gasteiger partial charge >= 0.3 is 0 Å². The highest BCUT2D eigenvalue weighted by Gasteiger charge is 2.15. The van der Waals surface area contributed by atoms with E-state index in [-0.39, 0.29) is 12.0 Å². The minimum Gasteiger partial charge on any atom is -0.396 e. The maximum atomic E-state index is 9.21. The standard InChI is InChI=1S/C15H20N2O/c1-15(2,11-18)10-17-9-13-8-16-7-12-5-3-4-6-14(12)13/h3-8,17-18H,9-11H2,1-2H3. The first kappa shape index (κ1) is 13.0. The second kappa shape index (κ2) is 5.46. The van der Waals surface area contributed by atoms with Crippen molar-refractivity contribution in [3.63, 3.8) is 0 Å². The number of hydrogen-bond donors (Lipinski definition) is 2. The molecule has 1 aromatic heterocycles. The van der Waals surface area contributed by atoms with Crippen LogP contribution in [-0.4, -0.2) is 23.2 Å². The van der Waals surface area contributed by atoms with Crippen LogP contribution in [0.4, 0.5) is 0 Å². The Hall–Kier alpha value is -1.45. The fourth-order valence-electron chi connectivity index (χ4n) is 1.91. The summed E-state index contributed by atoms with van der Waals surface area (Å²) in [5, 5.41) is 15.0. The SMILES string of the molecule is CC(C)(CO)CNCc1cncc2ccccc12. The van der Waals surface area contributed by atoms with Crippen molar-refractivity contribution >= 4 is 10.8 Å². The fourth-order valence-corrected chi connectivity index (χ4v) is 1.91. The number of aliphatic hydroxyl groups is 1. The Bertz CT molecular complexity index is 517. The van der Waals surface area contributed by atoms with Gasteiger partial charge in [0, 0.05) is 42.9 Å². The lowest BCUT2D eigenvalue weighted by molar-refractivity contribution is 0.157. The summed E-state index contributed by atoms with van der Waals surface area (Å²) in [6.07, 6.45) is 3.79. The lowest BCUT2D eigenvalue weighted by Crippen LogP contribution is -2.31. The molecular weight excluding hydrogens is 224 g/mol. The van der Waals surface area contributed by atoms with Gasteiger partial charge in [0.05, 0.1) is 0 Å². The highest BCUT2D eigenvalue weighted by molar-refractivity contribution is 5.84. The molecule has 0 saturated heterocycles. The Labute approximate surface area is 108 Å². The Kier molecular flexibility index (Phi) is 3.94. The fraction of sp³-hybridized carbons (Fsp3) is 0.400. The van der Waals surface area contributed by atoms with Gasteiger partial charge in [-0.1, -0.05) is 38.1 Å². The monoisotopic (exact) mass is 244 g/mol. The zero-order chi connectivity index (χ0) is 13.0. The first-order valence-corrected chi connectivity index (χ1v) is 6.26. The lowest BCUT2D eigenvalue weighted by Gasteiger charge is -2.22. The molecule has 0 fully saturated rings. The highest BCUT2D eigenvalue weighted by atomic mass is 16.3. The van der Waals surface area contributed by atoms with Crippen molar-refractivity contribution in [1.82, 2.24) is 10.3 Å². The summed E-state index contributed by atoms with van der Waals surface area (Å²) in [6.45, 7) is 5.83. The van der Waals surface area contributed by atoms with Gasteiger partial charge in [0.25, 0.3) is 0 Å². The summed E-state index contributed by atoms with van der Waals surface area (Å²) in [7, 11) is 0. The van der Waals surface area contributed by atoms with Gasteiger partial charge in [-0.2, -0.15) is 0 Å². The molecule has 0 spiro atoms. The van der Waals surface area contributed by atoms with E-state index >= 15 is 0 Å². The van der Waals surface area contributed by atoms with Crippen LogP contribution >= 0.6 is 0 Å². The number of nitrogens with zero attached hydrogens (tertiary/aromatic N) is 1. The average Bonchev–Trinajstić information content (AvgIpc) is 2.39. The van der Waals surface area contributed by atoms with E-state index in [1.807, 2.05) is 38.4 Å². The van der Waals surface area contributed by atoms with Crippen LogP contribution in [0.3, 0.4) is 0 Å². The molecule has 2 N–H and O–H groups in total. The number of hydrogen-bond acceptors (Lipinski definition) is 3. The van der Waals surface area contributed by atoms with Gasteiger partial charge in [-0.3, -0.25) is 4.98 Å². The zero-order valence-electron chi connectivity index (χ0n) is 11.0. The van der Waals surface area contributed by atoms with Crippen molar-refractivity contribution < 1.29 is 5.11 Å². The normalized spacial score (nSPS) is 11.9. The molecule has 0 aliphatic heterocycles. The quantitative estimate of drug-likeness (QED) is 0.848. The zero-order valence-corrected chi connectivity index (χ0v) is 11.0. The number of pyridine rings is 1. The van der Waals surface area contributed by atoms with Gasteiger partial charge in [-0.15, -0.1) is 0 Å². The minimum absolute atomic E-state index is 0.0853. The number of aromatic nitrogens is 1. The Morgan fingerprint density at radius 3 is 2.78 bits per heavy atom. The Morgan fingerprint density at radius 1 is 1.22 bits per heavy atom. The highest BCUT2D eigenvalue weighted by Crippen LogP contribution is 2.17. The summed E-state index contributed by atoms with van der Waals surface area (Å²) in [5.41, 5.74) is 1.11. The molecule has 3 nitrogen and oxygen atoms in total. The van der Waals surface area contributed by atoms with Crippen LogP contribution in [-0.2, 0) is 6.54 Å². The third kappa shape index (κ3) is 3.06. The smallest absolute Gasteiger partial charge is 0.0494 e. The number of rotatable bonds is 5. The second-order valence-electron chi connectivity index (χ2n) is 5.45. The summed E-state index contributed by atoms with van der Waals surface area (Å²) in [5.74, 6) is 0. The van der Waals surface area contributed by atoms with Crippen molar-refractivity contribution in [3.05, 3.63) is 42.2 Å². The van der Waals surface area contributed by atoms with Crippen LogP contribution in [0.1, 0.15) is 19.4 Å². The predicted molar refractivity (Wildman–Crippen MR) is 74.3 cm³/mol. The maximum absolute atomic E-state index is 9.21. The van der Waals surface area contributed by atoms with Gasteiger partial charge in [-0.05, 0) is 10.9 Å². The molecule has 0 saturated carbocycles. The van der Waals surface area contributed by atoms with Crippen LogP contribution in [0.2, 0.25) is 0 Å². The first-order valence-electron chi connectivity index (χ1n) is 6.26. The van der Waals surface area contributed by atoms with Crippen molar-refractivity contribution in [2.24, 2.45) is 5.41 Å². The van der Waals surface area contributed by atoms with Crippen molar-refractivity contribution in [2.75, 3.05) is 13.2 Å². The maximum Gasteiger partial charge on any atom is 0.0494 e. The Balaban J connectivity index is 2.08. The van der Waals surface area contributed by atoms with Crippen LogP contribution < -0.4 is 5.32 Å². The van der Waals surface area contributed by atoms with Crippen LogP contribution in [0.5, 0.6) is 0 Å². The molecule has 18 heavy (non-hydrogen) atoms. The summed E-state index contributed by atoms with van der Waals surface area (Å²) in [6, 6.07) is 8.26. The molecule has 0 aliphatic rings. The van der Waals surface area contributed by atoms with E-state index in [0.717, 1.165) is 13.1 Å². The van der Waals surface area contributed by atoms with E-state index in [2.05, 4.69) is 22.4 Å². The minimum atomic E-state index is -0.0853. The van der Waals surface area contributed by atoms with E-state index in [1.54, 1.807) is 0 Å². The molecule has 2 aromatic rings. The molecule has 1 heterocycles. The average molecular weight is 244 g/mol. The molecule has 2 rings (SSSR count). The second-order valence-corrected chi connectivity index (χ2v) is 5.45. The predicted octanol–water partition coefficient (Wildman–Crippen LogP) is 2.34. The molecule has 0 atom stereocenters. The molecule has 0 amide bonds. The first-order chi connectivity index (χ1) is 8.62. The van der Waals surface area contributed by atoms with Gasteiger partial charge in [0.2, 0.25) is 0 Å². The van der Waals surface area contributed by atoms with Crippen LogP contribution in [0.15, 0.2) is 36.7 Å². The van der Waals surface area contributed by atoms with Gasteiger partial charge in [0.15, 0.2) is 0 Å². The third-order valence-electron chi connectivity index (χ3n) is 3.10. The molecule has 0 unspecified atom stereocenters. The number of nitrogens with one attached hydrogen (secondary N) is 1. The van der Waals surface area contributed by atoms with E-state index in [1.165, 1.54) is 16.3 Å². The van der Waals surface area contributed by atoms with Gasteiger partial charge in [0.1, 0.15) is 0 Å². The molecule has 3 heteroatoms. The largest absolute Gasteiger partial charge is 0.396 e. The van der Waals surface area contributed by atoms with E-state index < -0.39 is 0 Å². The van der Waals surface area contributed by atoms with E-state index in [9.17, 15) is 5.11 Å². The summed E-state index contributed by atoms with van der Waals surface area (Å²) < 4.78 is 0. The number of benzene rings is 1.